The van der Waals surface area contributed by atoms with E-state index in [4.69, 9.17) is 23.8 Å². The molecular formula is C20H21ClN4S. The Morgan fingerprint density at radius 3 is 2.54 bits per heavy atom. The number of nitrogens with one attached hydrogen (secondary N) is 2. The van der Waals surface area contributed by atoms with Crippen molar-refractivity contribution in [2.45, 2.75) is 26.9 Å². The van der Waals surface area contributed by atoms with Crippen LogP contribution in [0.2, 0.25) is 5.02 Å². The van der Waals surface area contributed by atoms with E-state index < -0.39 is 0 Å². The third-order valence-corrected chi connectivity index (χ3v) is 4.62. The SMILES string of the molecule is Cc1nn(Cc2cccc(Cl)c2)c(C)c1NC(=S)NCc1ccccc1. The van der Waals surface area contributed by atoms with Crippen LogP contribution in [0.5, 0.6) is 0 Å². The number of hydrogen-bond acceptors (Lipinski definition) is 2. The molecule has 1 aromatic heterocycles. The summed E-state index contributed by atoms with van der Waals surface area (Å²) in [5.41, 5.74) is 5.18. The fraction of sp³-hybridized carbons (Fsp3) is 0.200. The third kappa shape index (κ3) is 4.62. The van der Waals surface area contributed by atoms with Gasteiger partial charge in [-0.3, -0.25) is 4.68 Å². The van der Waals surface area contributed by atoms with Crippen LogP contribution < -0.4 is 10.6 Å². The Bertz CT molecular complexity index is 905. The van der Waals surface area contributed by atoms with Gasteiger partial charge in [-0.2, -0.15) is 5.10 Å². The minimum absolute atomic E-state index is 0.586. The molecule has 2 N–H and O–H groups in total. The number of thiocarbonyl (C=S) groups is 1. The Kier molecular flexibility index (Phi) is 5.91. The molecule has 2 aromatic carbocycles. The topological polar surface area (TPSA) is 41.9 Å². The highest BCUT2D eigenvalue weighted by Gasteiger charge is 2.13. The van der Waals surface area contributed by atoms with Gasteiger partial charge in [0.25, 0.3) is 0 Å². The molecule has 4 nitrogen and oxygen atoms in total. The monoisotopic (exact) mass is 384 g/mol. The zero-order valence-electron chi connectivity index (χ0n) is 14.8. The lowest BCUT2D eigenvalue weighted by Crippen LogP contribution is -2.28. The van der Waals surface area contributed by atoms with Gasteiger partial charge in [-0.05, 0) is 49.3 Å². The van der Waals surface area contributed by atoms with Crippen molar-refractivity contribution in [1.29, 1.82) is 0 Å². The molecule has 3 rings (SSSR count). The minimum atomic E-state index is 0.586. The minimum Gasteiger partial charge on any atom is -0.358 e. The van der Waals surface area contributed by atoms with Crippen molar-refractivity contribution in [2.75, 3.05) is 5.32 Å². The molecule has 0 spiro atoms. The quantitative estimate of drug-likeness (QED) is 0.626. The highest BCUT2D eigenvalue weighted by atomic mass is 35.5. The molecule has 1 heterocycles. The van der Waals surface area contributed by atoms with Crippen molar-refractivity contribution in [3.05, 3.63) is 82.1 Å². The Balaban J connectivity index is 1.66. The van der Waals surface area contributed by atoms with Gasteiger partial charge in [-0.15, -0.1) is 0 Å². The van der Waals surface area contributed by atoms with Gasteiger partial charge in [0.15, 0.2) is 5.11 Å². The average Bonchev–Trinajstić information content (AvgIpc) is 2.88. The van der Waals surface area contributed by atoms with Gasteiger partial charge in [0.05, 0.1) is 23.6 Å². The van der Waals surface area contributed by atoms with E-state index in [-0.39, 0.29) is 0 Å². The van der Waals surface area contributed by atoms with E-state index in [0.717, 1.165) is 27.7 Å². The van der Waals surface area contributed by atoms with Crippen LogP contribution in [0, 0.1) is 13.8 Å². The zero-order valence-corrected chi connectivity index (χ0v) is 16.4. The summed E-state index contributed by atoms with van der Waals surface area (Å²) in [5, 5.41) is 12.5. The van der Waals surface area contributed by atoms with Crippen molar-refractivity contribution >= 4 is 34.6 Å². The molecule has 0 fully saturated rings. The molecule has 3 aromatic rings. The second kappa shape index (κ2) is 8.34. The highest BCUT2D eigenvalue weighted by Crippen LogP contribution is 2.21. The van der Waals surface area contributed by atoms with Crippen LogP contribution in [0.4, 0.5) is 5.69 Å². The number of rotatable bonds is 5. The van der Waals surface area contributed by atoms with Crippen LogP contribution in [0.3, 0.4) is 0 Å². The number of hydrogen-bond donors (Lipinski definition) is 2. The van der Waals surface area contributed by atoms with Crippen molar-refractivity contribution in [2.24, 2.45) is 0 Å². The number of anilines is 1. The maximum Gasteiger partial charge on any atom is 0.171 e. The molecule has 0 unspecified atom stereocenters. The molecule has 0 atom stereocenters. The van der Waals surface area contributed by atoms with Gasteiger partial charge in [0, 0.05) is 11.6 Å². The summed E-state index contributed by atoms with van der Waals surface area (Å²) in [6, 6.07) is 18.0. The van der Waals surface area contributed by atoms with E-state index >= 15 is 0 Å². The summed E-state index contributed by atoms with van der Waals surface area (Å²) in [6.45, 7) is 5.36. The van der Waals surface area contributed by atoms with Gasteiger partial charge < -0.3 is 10.6 Å². The van der Waals surface area contributed by atoms with Gasteiger partial charge in [-0.1, -0.05) is 54.1 Å². The molecule has 0 aliphatic heterocycles. The molecule has 0 aliphatic carbocycles. The molecular weight excluding hydrogens is 364 g/mol. The molecule has 0 saturated heterocycles. The van der Waals surface area contributed by atoms with E-state index in [1.54, 1.807) is 0 Å². The Labute approximate surface area is 164 Å². The number of aromatic nitrogens is 2. The summed E-state index contributed by atoms with van der Waals surface area (Å²) in [5.74, 6) is 0. The Hall–Kier alpha value is -2.37. The van der Waals surface area contributed by atoms with Crippen LogP contribution in [-0.4, -0.2) is 14.9 Å². The molecule has 0 radical (unpaired) electrons. The first-order valence-electron chi connectivity index (χ1n) is 8.40. The molecule has 0 aliphatic rings. The first-order valence-corrected chi connectivity index (χ1v) is 9.19. The maximum absolute atomic E-state index is 6.07. The zero-order chi connectivity index (χ0) is 18.5. The predicted octanol–water partition coefficient (Wildman–Crippen LogP) is 4.69. The molecule has 0 saturated carbocycles. The van der Waals surface area contributed by atoms with Crippen LogP contribution in [-0.2, 0) is 13.1 Å². The van der Waals surface area contributed by atoms with Gasteiger partial charge in [-0.25, -0.2) is 0 Å². The number of halogens is 1. The second-order valence-corrected chi connectivity index (χ2v) is 6.97. The lowest BCUT2D eigenvalue weighted by atomic mass is 10.2. The fourth-order valence-electron chi connectivity index (χ4n) is 2.78. The van der Waals surface area contributed by atoms with E-state index in [9.17, 15) is 0 Å². The highest BCUT2D eigenvalue weighted by molar-refractivity contribution is 7.80. The third-order valence-electron chi connectivity index (χ3n) is 4.14. The van der Waals surface area contributed by atoms with Gasteiger partial charge >= 0.3 is 0 Å². The molecule has 0 amide bonds. The van der Waals surface area contributed by atoms with Crippen LogP contribution >= 0.6 is 23.8 Å². The van der Waals surface area contributed by atoms with E-state index in [1.807, 2.05) is 61.0 Å². The summed E-state index contributed by atoms with van der Waals surface area (Å²) >= 11 is 11.5. The van der Waals surface area contributed by atoms with Gasteiger partial charge in [0.1, 0.15) is 0 Å². The first kappa shape index (κ1) is 18.4. The van der Waals surface area contributed by atoms with Crippen LogP contribution in [0.15, 0.2) is 54.6 Å². The largest absolute Gasteiger partial charge is 0.358 e. The van der Waals surface area contributed by atoms with E-state index in [1.165, 1.54) is 5.56 Å². The molecule has 0 bridgehead atoms. The maximum atomic E-state index is 6.07. The van der Waals surface area contributed by atoms with Crippen LogP contribution in [0.1, 0.15) is 22.5 Å². The van der Waals surface area contributed by atoms with Crippen molar-refractivity contribution < 1.29 is 0 Å². The standard InChI is InChI=1S/C20H21ClN4S/c1-14-19(23-20(26)22-12-16-7-4-3-5-8-16)15(2)25(24-14)13-17-9-6-10-18(21)11-17/h3-11H,12-13H2,1-2H3,(H2,22,23,26). The fourth-order valence-corrected chi connectivity index (χ4v) is 3.16. The Morgan fingerprint density at radius 2 is 1.81 bits per heavy atom. The van der Waals surface area contributed by atoms with Crippen molar-refractivity contribution in [1.82, 2.24) is 15.1 Å². The summed E-state index contributed by atoms with van der Waals surface area (Å²) in [7, 11) is 0. The van der Waals surface area contributed by atoms with E-state index in [0.29, 0.717) is 18.2 Å². The summed E-state index contributed by atoms with van der Waals surface area (Å²) < 4.78 is 1.96. The van der Waals surface area contributed by atoms with Crippen molar-refractivity contribution in [3.63, 3.8) is 0 Å². The number of benzene rings is 2. The predicted molar refractivity (Wildman–Crippen MR) is 112 cm³/mol. The number of aryl methyl sites for hydroxylation is 1. The normalized spacial score (nSPS) is 10.6. The summed E-state index contributed by atoms with van der Waals surface area (Å²) in [6.07, 6.45) is 0. The molecule has 26 heavy (non-hydrogen) atoms. The van der Waals surface area contributed by atoms with Crippen LogP contribution in [0.25, 0.3) is 0 Å². The smallest absolute Gasteiger partial charge is 0.171 e. The van der Waals surface area contributed by atoms with Gasteiger partial charge in [0.2, 0.25) is 0 Å². The van der Waals surface area contributed by atoms with E-state index in [2.05, 4.69) is 27.9 Å². The average molecular weight is 385 g/mol. The van der Waals surface area contributed by atoms with Crippen molar-refractivity contribution in [3.8, 4) is 0 Å². The first-order chi connectivity index (χ1) is 12.5. The lowest BCUT2D eigenvalue weighted by Gasteiger charge is -2.11. The second-order valence-electron chi connectivity index (χ2n) is 6.13. The lowest BCUT2D eigenvalue weighted by molar-refractivity contribution is 0.659. The number of nitrogens with zero attached hydrogens (tertiary/aromatic N) is 2. The Morgan fingerprint density at radius 1 is 1.08 bits per heavy atom. The summed E-state index contributed by atoms with van der Waals surface area (Å²) in [4.78, 5) is 0. The molecule has 6 heteroatoms. The molecule has 134 valence electrons.